The van der Waals surface area contributed by atoms with E-state index in [4.69, 9.17) is 9.47 Å². The maximum atomic E-state index is 12.5. The summed E-state index contributed by atoms with van der Waals surface area (Å²) in [6.07, 6.45) is 1.11. The molecule has 142 valence electrons. The zero-order valence-electron chi connectivity index (χ0n) is 15.8. The number of ether oxygens (including phenoxy) is 2. The molecule has 1 heterocycles. The van der Waals surface area contributed by atoms with Crippen LogP contribution in [0.15, 0.2) is 11.3 Å². The lowest BCUT2D eigenvalue weighted by Gasteiger charge is -2.27. The van der Waals surface area contributed by atoms with Crippen LogP contribution in [0.1, 0.15) is 44.1 Å². The number of carbonyl (C=O) groups excluding carboxylic acids is 2. The van der Waals surface area contributed by atoms with Crippen molar-refractivity contribution in [3.05, 3.63) is 16.9 Å². The molecule has 1 atom stereocenters. The van der Waals surface area contributed by atoms with Crippen molar-refractivity contribution in [3.63, 3.8) is 0 Å². The number of Topliss-reactive ketones (excluding diaryl/α,β-unsaturated/α-hetero) is 2. The first-order chi connectivity index (χ1) is 12.3. The summed E-state index contributed by atoms with van der Waals surface area (Å²) in [6.45, 7) is 1.86. The summed E-state index contributed by atoms with van der Waals surface area (Å²) < 4.78 is 10.5. The van der Waals surface area contributed by atoms with Crippen LogP contribution in [0, 0.1) is 0 Å². The Kier molecular flexibility index (Phi) is 6.18. The molecule has 26 heavy (non-hydrogen) atoms. The van der Waals surface area contributed by atoms with Gasteiger partial charge in [0.15, 0.2) is 11.6 Å². The topological polar surface area (TPSA) is 102 Å². The highest BCUT2D eigenvalue weighted by Gasteiger charge is 2.36. The number of ketones is 2. The number of hydrogen-bond donors (Lipinski definition) is 1. The van der Waals surface area contributed by atoms with E-state index in [1.165, 1.54) is 14.2 Å². The minimum atomic E-state index is -0.390. The van der Waals surface area contributed by atoms with E-state index in [9.17, 15) is 14.7 Å². The van der Waals surface area contributed by atoms with Crippen molar-refractivity contribution in [3.8, 4) is 11.9 Å². The van der Waals surface area contributed by atoms with E-state index >= 15 is 0 Å². The monoisotopic (exact) mass is 363 g/mol. The Labute approximate surface area is 152 Å². The summed E-state index contributed by atoms with van der Waals surface area (Å²) >= 11 is 0. The van der Waals surface area contributed by atoms with Gasteiger partial charge in [0.1, 0.15) is 11.6 Å². The molecule has 0 saturated heterocycles. The Bertz CT molecular complexity index is 743. The Balaban J connectivity index is 2.50. The number of hydrogen-bond acceptors (Lipinski definition) is 8. The van der Waals surface area contributed by atoms with Crippen LogP contribution in [0.25, 0.3) is 0 Å². The van der Waals surface area contributed by atoms with E-state index in [-0.39, 0.29) is 60.0 Å². The SMILES string of the molecule is CCCC(=O)C1=C(O)CC(c2c(OC)nc(OC)nc2N(C)C)CC1=O. The van der Waals surface area contributed by atoms with Crippen LogP contribution in [-0.2, 0) is 9.59 Å². The van der Waals surface area contributed by atoms with Gasteiger partial charge in [-0.05, 0) is 6.42 Å². The molecule has 0 fully saturated rings. The molecule has 8 nitrogen and oxygen atoms in total. The van der Waals surface area contributed by atoms with Gasteiger partial charge in [-0.2, -0.15) is 9.97 Å². The van der Waals surface area contributed by atoms with Gasteiger partial charge in [0.25, 0.3) is 0 Å². The number of aliphatic hydroxyl groups excluding tert-OH is 1. The first kappa shape index (κ1) is 19.7. The van der Waals surface area contributed by atoms with E-state index in [1.54, 1.807) is 19.0 Å². The molecule has 0 radical (unpaired) electrons. The molecular weight excluding hydrogens is 338 g/mol. The van der Waals surface area contributed by atoms with Crippen molar-refractivity contribution in [2.45, 2.75) is 38.5 Å². The fourth-order valence-corrected chi connectivity index (χ4v) is 3.13. The van der Waals surface area contributed by atoms with Gasteiger partial charge in [-0.3, -0.25) is 9.59 Å². The van der Waals surface area contributed by atoms with Crippen molar-refractivity contribution >= 4 is 17.4 Å². The summed E-state index contributed by atoms with van der Waals surface area (Å²) in [5.74, 6) is -0.401. The minimum Gasteiger partial charge on any atom is -0.511 e. The van der Waals surface area contributed by atoms with Crippen LogP contribution in [0.5, 0.6) is 11.9 Å². The standard InChI is InChI=1S/C18H25N3O5/c1-6-7-11(22)15-12(23)8-10(9-13(15)24)14-16(21(2)3)19-18(26-5)20-17(14)25-4/h10,23H,6-9H2,1-5H3. The average Bonchev–Trinajstić information content (AvgIpc) is 2.59. The molecule has 1 aromatic heterocycles. The third-order valence-electron chi connectivity index (χ3n) is 4.27. The zero-order chi connectivity index (χ0) is 19.4. The maximum Gasteiger partial charge on any atom is 0.321 e. The maximum absolute atomic E-state index is 12.5. The van der Waals surface area contributed by atoms with Crippen molar-refractivity contribution in [1.29, 1.82) is 0 Å². The molecule has 1 aromatic rings. The van der Waals surface area contributed by atoms with Crippen LogP contribution in [0.4, 0.5) is 5.82 Å². The van der Waals surface area contributed by atoms with E-state index in [1.807, 2.05) is 6.92 Å². The second-order valence-electron chi connectivity index (χ2n) is 6.37. The summed E-state index contributed by atoms with van der Waals surface area (Å²) in [6, 6.07) is 0.148. The van der Waals surface area contributed by atoms with E-state index in [0.717, 1.165) is 0 Å². The average molecular weight is 363 g/mol. The van der Waals surface area contributed by atoms with Crippen LogP contribution < -0.4 is 14.4 Å². The number of allylic oxidation sites excluding steroid dienone is 2. The second kappa shape index (κ2) is 8.16. The molecule has 1 aliphatic carbocycles. The summed E-state index contributed by atoms with van der Waals surface area (Å²) in [5.41, 5.74) is 0.545. The Morgan fingerprint density at radius 3 is 2.42 bits per heavy atom. The lowest BCUT2D eigenvalue weighted by atomic mass is 9.81. The molecule has 0 amide bonds. The second-order valence-corrected chi connectivity index (χ2v) is 6.37. The predicted molar refractivity (Wildman–Crippen MR) is 96.0 cm³/mol. The molecule has 0 aliphatic heterocycles. The molecule has 0 saturated carbocycles. The Hall–Kier alpha value is -2.64. The Morgan fingerprint density at radius 2 is 1.92 bits per heavy atom. The van der Waals surface area contributed by atoms with Crippen LogP contribution in [-0.4, -0.2) is 55.0 Å². The van der Waals surface area contributed by atoms with Gasteiger partial charge in [0.05, 0.1) is 25.4 Å². The summed E-state index contributed by atoms with van der Waals surface area (Å²) in [5, 5.41) is 10.4. The number of carbonyl (C=O) groups is 2. The van der Waals surface area contributed by atoms with Crippen molar-refractivity contribution in [1.82, 2.24) is 9.97 Å². The molecule has 1 aliphatic rings. The largest absolute Gasteiger partial charge is 0.511 e. The number of rotatable bonds is 7. The van der Waals surface area contributed by atoms with E-state index < -0.39 is 0 Å². The van der Waals surface area contributed by atoms with Gasteiger partial charge in [0, 0.05) is 39.3 Å². The third-order valence-corrected chi connectivity index (χ3v) is 4.27. The first-order valence-corrected chi connectivity index (χ1v) is 8.49. The van der Waals surface area contributed by atoms with Gasteiger partial charge in [-0.15, -0.1) is 0 Å². The van der Waals surface area contributed by atoms with E-state index in [2.05, 4.69) is 9.97 Å². The molecule has 0 aromatic carbocycles. The highest BCUT2D eigenvalue weighted by Crippen LogP contribution is 2.42. The molecular formula is C18H25N3O5. The van der Waals surface area contributed by atoms with Gasteiger partial charge in [-0.1, -0.05) is 6.92 Å². The van der Waals surface area contributed by atoms with Gasteiger partial charge >= 0.3 is 6.01 Å². The molecule has 8 heteroatoms. The molecule has 2 rings (SSSR count). The minimum absolute atomic E-state index is 0.0668. The smallest absolute Gasteiger partial charge is 0.321 e. The van der Waals surface area contributed by atoms with Crippen LogP contribution >= 0.6 is 0 Å². The molecule has 0 spiro atoms. The lowest BCUT2D eigenvalue weighted by Crippen LogP contribution is -2.26. The highest BCUT2D eigenvalue weighted by molar-refractivity contribution is 6.21. The van der Waals surface area contributed by atoms with Crippen molar-refractivity contribution in [2.24, 2.45) is 0 Å². The fourth-order valence-electron chi connectivity index (χ4n) is 3.13. The summed E-state index contributed by atoms with van der Waals surface area (Å²) in [4.78, 5) is 35.0. The van der Waals surface area contributed by atoms with Crippen LogP contribution in [0.3, 0.4) is 0 Å². The third kappa shape index (κ3) is 3.79. The fraction of sp³-hybridized carbons (Fsp3) is 0.556. The zero-order valence-corrected chi connectivity index (χ0v) is 15.8. The Morgan fingerprint density at radius 1 is 1.23 bits per heavy atom. The van der Waals surface area contributed by atoms with Crippen molar-refractivity contribution in [2.75, 3.05) is 33.2 Å². The predicted octanol–water partition coefficient (Wildman–Crippen LogP) is 2.19. The highest BCUT2D eigenvalue weighted by atomic mass is 16.5. The van der Waals surface area contributed by atoms with Gasteiger partial charge in [0.2, 0.25) is 5.88 Å². The number of aliphatic hydroxyl groups is 1. The number of nitrogens with zero attached hydrogens (tertiary/aromatic N) is 3. The van der Waals surface area contributed by atoms with Crippen molar-refractivity contribution < 1.29 is 24.2 Å². The normalized spacial score (nSPS) is 17.3. The van der Waals surface area contributed by atoms with Gasteiger partial charge in [-0.25, -0.2) is 0 Å². The summed E-state index contributed by atoms with van der Waals surface area (Å²) in [7, 11) is 6.54. The van der Waals surface area contributed by atoms with E-state index in [0.29, 0.717) is 17.8 Å². The number of anilines is 1. The number of aromatic nitrogens is 2. The lowest BCUT2D eigenvalue weighted by molar-refractivity contribution is -0.122. The van der Waals surface area contributed by atoms with Crippen LogP contribution in [0.2, 0.25) is 0 Å². The number of methoxy groups -OCH3 is 2. The molecule has 0 bridgehead atoms. The molecule has 1 unspecified atom stereocenters. The quantitative estimate of drug-likeness (QED) is 0.736. The first-order valence-electron chi connectivity index (χ1n) is 8.49. The molecule has 1 N–H and O–H groups in total. The van der Waals surface area contributed by atoms with Gasteiger partial charge < -0.3 is 19.5 Å².